The van der Waals surface area contributed by atoms with Crippen LogP contribution in [-0.4, -0.2) is 0 Å². The predicted octanol–water partition coefficient (Wildman–Crippen LogP) is 13.8. The zero-order valence-corrected chi connectivity index (χ0v) is 28.7. The molecule has 0 unspecified atom stereocenters. The van der Waals surface area contributed by atoms with Gasteiger partial charge in [-0.1, -0.05) is 139 Å². The van der Waals surface area contributed by atoms with Crippen LogP contribution in [0, 0.1) is 0 Å². The Bertz CT molecular complexity index is 2620. The van der Waals surface area contributed by atoms with E-state index < -0.39 is 0 Å². The topological polar surface area (TPSA) is 20.5 Å². The van der Waals surface area contributed by atoms with E-state index in [4.69, 9.17) is 20.8 Å². The number of benzene rings is 6. The number of halogens is 1. The lowest BCUT2D eigenvalue weighted by atomic mass is 9.92. The highest BCUT2D eigenvalue weighted by Crippen LogP contribution is 2.43. The van der Waals surface area contributed by atoms with Crippen LogP contribution in [0.25, 0.3) is 61.2 Å². The molecule has 0 amide bonds. The molecule has 0 bridgehead atoms. The maximum absolute atomic E-state index is 7.23. The van der Waals surface area contributed by atoms with E-state index in [1.807, 2.05) is 36.4 Å². The molecular formula is C48H34ClO2+. The van der Waals surface area contributed by atoms with E-state index in [9.17, 15) is 0 Å². The zero-order valence-electron chi connectivity index (χ0n) is 28.0. The van der Waals surface area contributed by atoms with Crippen molar-refractivity contribution in [2.24, 2.45) is 0 Å². The van der Waals surface area contributed by atoms with Gasteiger partial charge in [0.1, 0.15) is 11.5 Å². The third-order valence-corrected chi connectivity index (χ3v) is 10.4. The van der Waals surface area contributed by atoms with E-state index in [-0.39, 0.29) is 0 Å². The van der Waals surface area contributed by atoms with Crippen LogP contribution in [0.2, 0.25) is 0 Å². The molecule has 0 fully saturated rings. The van der Waals surface area contributed by atoms with Crippen molar-refractivity contribution in [3.05, 3.63) is 197 Å². The first-order valence-electron chi connectivity index (χ1n) is 17.5. The van der Waals surface area contributed by atoms with Crippen molar-refractivity contribution in [1.82, 2.24) is 0 Å². The van der Waals surface area contributed by atoms with Crippen molar-refractivity contribution < 1.29 is 9.15 Å². The maximum atomic E-state index is 7.23. The summed E-state index contributed by atoms with van der Waals surface area (Å²) >= 11 is 7.23. The Morgan fingerprint density at radius 3 is 2.10 bits per heavy atom. The molecule has 244 valence electrons. The minimum atomic E-state index is 0.825. The van der Waals surface area contributed by atoms with Gasteiger partial charge in [-0.25, -0.2) is 4.42 Å². The molecule has 0 saturated heterocycles. The van der Waals surface area contributed by atoms with Gasteiger partial charge in [0.05, 0.1) is 22.4 Å². The van der Waals surface area contributed by atoms with Crippen molar-refractivity contribution in [3.63, 3.8) is 0 Å². The summed E-state index contributed by atoms with van der Waals surface area (Å²) in [5, 5.41) is 6.41. The molecular weight excluding hydrogens is 644 g/mol. The van der Waals surface area contributed by atoms with E-state index >= 15 is 0 Å². The summed E-state index contributed by atoms with van der Waals surface area (Å²) in [4.78, 5) is 0. The molecule has 0 saturated carbocycles. The van der Waals surface area contributed by atoms with E-state index in [1.54, 1.807) is 0 Å². The van der Waals surface area contributed by atoms with E-state index in [1.165, 1.54) is 0 Å². The summed E-state index contributed by atoms with van der Waals surface area (Å²) in [6.07, 6.45) is 13.8. The molecule has 2 heterocycles. The molecule has 1 aliphatic carbocycles. The number of hydrogen-bond donors (Lipinski definition) is 0. The minimum Gasteiger partial charge on any atom is -0.455 e. The largest absolute Gasteiger partial charge is 0.455 e. The smallest absolute Gasteiger partial charge is 0.369 e. The van der Waals surface area contributed by atoms with Crippen molar-refractivity contribution >= 4 is 61.5 Å². The summed E-state index contributed by atoms with van der Waals surface area (Å²) in [7, 11) is 0. The van der Waals surface area contributed by atoms with Crippen molar-refractivity contribution in [1.29, 1.82) is 0 Å². The van der Waals surface area contributed by atoms with Crippen LogP contribution >= 0.6 is 11.6 Å². The monoisotopic (exact) mass is 677 g/mol. The highest BCUT2D eigenvalue weighted by Gasteiger charge is 2.23. The summed E-state index contributed by atoms with van der Waals surface area (Å²) in [5.74, 6) is 2.56. The van der Waals surface area contributed by atoms with Crippen molar-refractivity contribution in [2.75, 3.05) is 0 Å². The summed E-state index contributed by atoms with van der Waals surface area (Å²) < 4.78 is 13.2. The van der Waals surface area contributed by atoms with E-state index in [0.29, 0.717) is 0 Å². The third kappa shape index (κ3) is 5.98. The lowest BCUT2D eigenvalue weighted by Gasteiger charge is -2.22. The van der Waals surface area contributed by atoms with Gasteiger partial charge in [-0.2, -0.15) is 0 Å². The first-order chi connectivity index (χ1) is 25.2. The normalized spacial score (nSPS) is 16.3. The van der Waals surface area contributed by atoms with Crippen LogP contribution in [0.1, 0.15) is 36.0 Å². The molecule has 0 atom stereocenters. The Balaban J connectivity index is 1.12. The number of ether oxygens (including phenoxy) is 1. The lowest BCUT2D eigenvalue weighted by Crippen LogP contribution is -2.04. The van der Waals surface area contributed by atoms with Crippen LogP contribution in [0.5, 0.6) is 5.75 Å². The number of rotatable bonds is 5. The molecule has 1 aliphatic heterocycles. The minimum absolute atomic E-state index is 0.825. The molecule has 51 heavy (non-hydrogen) atoms. The fourth-order valence-corrected chi connectivity index (χ4v) is 7.55. The highest BCUT2D eigenvalue weighted by molar-refractivity contribution is 6.32. The van der Waals surface area contributed by atoms with Gasteiger partial charge in [-0.05, 0) is 83.2 Å². The Kier molecular flexibility index (Phi) is 8.16. The standard InChI is InChI=1S/C48H34ClO2/c49-46-36(22-24-38-30-44(34-14-3-1-4-15-34)50-47-40-20-9-7-12-32(40)26-28-42(38)47)18-11-19-37(46)23-25-39-31-45(35-16-5-2-6-17-35)51-48-41-21-10-8-13-33(41)27-29-43(39)48/h1-10,12-17,20-31H,11,18-19H2/q+1. The van der Waals surface area contributed by atoms with Crippen LogP contribution in [0.3, 0.4) is 0 Å². The molecule has 1 aromatic heterocycles. The average molecular weight is 678 g/mol. The first-order valence-corrected chi connectivity index (χ1v) is 17.9. The number of allylic oxidation sites excluding steroid dienone is 8. The summed E-state index contributed by atoms with van der Waals surface area (Å²) in [6, 6.07) is 48.2. The molecule has 0 spiro atoms. The second-order valence-corrected chi connectivity index (χ2v) is 13.5. The Labute approximate surface area is 302 Å². The molecule has 3 heteroatoms. The first kappa shape index (κ1) is 31.1. The Morgan fingerprint density at radius 1 is 0.608 bits per heavy atom. The van der Waals surface area contributed by atoms with Crippen LogP contribution < -0.4 is 4.74 Å². The van der Waals surface area contributed by atoms with Gasteiger partial charge in [-0.3, -0.25) is 0 Å². The fraction of sp³-hybridized carbons (Fsp3) is 0.0625. The van der Waals surface area contributed by atoms with E-state index in [0.717, 1.165) is 113 Å². The van der Waals surface area contributed by atoms with Gasteiger partial charge in [0.15, 0.2) is 0 Å². The van der Waals surface area contributed by atoms with Gasteiger partial charge >= 0.3 is 11.3 Å². The van der Waals surface area contributed by atoms with Gasteiger partial charge in [0.25, 0.3) is 0 Å². The molecule has 7 aromatic rings. The zero-order chi connectivity index (χ0) is 34.1. The third-order valence-electron chi connectivity index (χ3n) is 9.88. The molecule has 0 N–H and O–H groups in total. The predicted molar refractivity (Wildman–Crippen MR) is 214 cm³/mol. The molecule has 6 aromatic carbocycles. The quantitative estimate of drug-likeness (QED) is 0.133. The lowest BCUT2D eigenvalue weighted by molar-refractivity contribution is 0.515. The van der Waals surface area contributed by atoms with Gasteiger partial charge in [0, 0.05) is 27.1 Å². The fourth-order valence-electron chi connectivity index (χ4n) is 7.23. The second-order valence-electron chi connectivity index (χ2n) is 13.1. The van der Waals surface area contributed by atoms with Gasteiger partial charge in [0.2, 0.25) is 0 Å². The molecule has 9 rings (SSSR count). The highest BCUT2D eigenvalue weighted by atomic mass is 35.5. The molecule has 2 nitrogen and oxygen atoms in total. The average Bonchev–Trinajstić information content (AvgIpc) is 3.20. The molecule has 2 aliphatic rings. The Morgan fingerprint density at radius 2 is 1.29 bits per heavy atom. The Hall–Kier alpha value is -5.96. The van der Waals surface area contributed by atoms with Crippen LogP contribution in [0.4, 0.5) is 0 Å². The van der Waals surface area contributed by atoms with Crippen molar-refractivity contribution in [2.45, 2.75) is 19.3 Å². The van der Waals surface area contributed by atoms with Crippen LogP contribution in [-0.2, 0) is 0 Å². The summed E-state index contributed by atoms with van der Waals surface area (Å²) in [6.45, 7) is 0. The summed E-state index contributed by atoms with van der Waals surface area (Å²) in [5.41, 5.74) is 8.53. The van der Waals surface area contributed by atoms with E-state index in [2.05, 4.69) is 134 Å². The maximum Gasteiger partial charge on any atom is 0.369 e. The van der Waals surface area contributed by atoms with Crippen molar-refractivity contribution in [3.8, 4) is 17.1 Å². The van der Waals surface area contributed by atoms with Gasteiger partial charge in [-0.15, -0.1) is 0 Å². The SMILES string of the molecule is ClC1=C(/C=C/c2cc(-c3ccccc3)[o+]c3c2ccc2ccccc23)CCC/C1=C\C=C1/C=C(c2ccccc2)Oc2c1ccc1ccccc21. The number of fused-ring (bicyclic) bond motifs is 6. The van der Waals surface area contributed by atoms with Crippen LogP contribution in [0.15, 0.2) is 184 Å². The molecule has 0 radical (unpaired) electrons. The second kappa shape index (κ2) is 13.4. The van der Waals surface area contributed by atoms with Gasteiger partial charge < -0.3 is 4.74 Å². The number of hydrogen-bond acceptors (Lipinski definition) is 1.